The summed E-state index contributed by atoms with van der Waals surface area (Å²) in [6, 6.07) is 9.90. The molecule has 0 aromatic heterocycles. The number of benzene rings is 3. The number of nitrogens with zero attached hydrogens (tertiary/aromatic N) is 2. The first-order chi connectivity index (χ1) is 16.0. The fraction of sp³-hybridized carbons (Fsp3) is 0.0952. The highest BCUT2D eigenvalue weighted by Crippen LogP contribution is 2.36. The van der Waals surface area contributed by atoms with Gasteiger partial charge in [-0.3, -0.25) is 15.5 Å². The van der Waals surface area contributed by atoms with Crippen LogP contribution in [0.2, 0.25) is 20.1 Å². The molecule has 0 amide bonds. The molecule has 0 aliphatic heterocycles. The van der Waals surface area contributed by atoms with Gasteiger partial charge in [0.05, 0.1) is 26.7 Å². The summed E-state index contributed by atoms with van der Waals surface area (Å²) in [4.78, 5) is 10.2. The van der Waals surface area contributed by atoms with E-state index in [4.69, 9.17) is 51.1 Å². The lowest BCUT2D eigenvalue weighted by Crippen LogP contribution is -2.06. The highest BCUT2D eigenvalue weighted by Gasteiger charge is 2.33. The lowest BCUT2D eigenvalue weighted by molar-refractivity contribution is -0.384. The van der Waals surface area contributed by atoms with Crippen molar-refractivity contribution in [2.75, 3.05) is 5.43 Å². The largest absolute Gasteiger partial charge is 0.486 e. The maximum absolute atomic E-state index is 12.8. The molecule has 34 heavy (non-hydrogen) atoms. The van der Waals surface area contributed by atoms with Crippen LogP contribution in [0.3, 0.4) is 0 Å². The van der Waals surface area contributed by atoms with Gasteiger partial charge >= 0.3 is 6.18 Å². The molecule has 3 rings (SSSR count). The number of rotatable bonds is 7. The van der Waals surface area contributed by atoms with Crippen LogP contribution in [-0.2, 0) is 12.8 Å². The molecular formula is C21H12Cl4F3N3O3. The van der Waals surface area contributed by atoms with E-state index in [-0.39, 0.29) is 28.1 Å². The van der Waals surface area contributed by atoms with Gasteiger partial charge in [-0.25, -0.2) is 0 Å². The van der Waals surface area contributed by atoms with Crippen molar-refractivity contribution in [3.8, 4) is 5.75 Å². The van der Waals surface area contributed by atoms with Crippen LogP contribution in [-0.4, -0.2) is 11.1 Å². The highest BCUT2D eigenvalue weighted by molar-refractivity contribution is 6.37. The second-order valence-electron chi connectivity index (χ2n) is 6.69. The zero-order valence-electron chi connectivity index (χ0n) is 16.7. The van der Waals surface area contributed by atoms with Crippen molar-refractivity contribution in [2.45, 2.75) is 12.8 Å². The smallest absolute Gasteiger partial charge is 0.416 e. The summed E-state index contributed by atoms with van der Waals surface area (Å²) >= 11 is 24.5. The monoisotopic (exact) mass is 551 g/mol. The number of anilines is 1. The Kier molecular flexibility index (Phi) is 8.14. The summed E-state index contributed by atoms with van der Waals surface area (Å²) in [5.41, 5.74) is 1.24. The zero-order chi connectivity index (χ0) is 25.0. The third-order valence-corrected chi connectivity index (χ3v) is 5.48. The summed E-state index contributed by atoms with van der Waals surface area (Å²) in [6.45, 7) is 0.0715. The third-order valence-electron chi connectivity index (χ3n) is 4.33. The van der Waals surface area contributed by atoms with Crippen LogP contribution in [0.4, 0.5) is 24.5 Å². The Balaban J connectivity index is 1.74. The van der Waals surface area contributed by atoms with Crippen LogP contribution in [0, 0.1) is 10.1 Å². The minimum Gasteiger partial charge on any atom is -0.486 e. The molecule has 0 bridgehead atoms. The average molecular weight is 553 g/mol. The molecule has 0 unspecified atom stereocenters. The predicted octanol–water partition coefficient (Wildman–Crippen LogP) is 8.25. The van der Waals surface area contributed by atoms with Crippen molar-refractivity contribution in [1.82, 2.24) is 0 Å². The number of halogens is 7. The Bertz CT molecular complexity index is 1250. The van der Waals surface area contributed by atoms with Gasteiger partial charge in [0.25, 0.3) is 5.69 Å². The van der Waals surface area contributed by atoms with Crippen molar-refractivity contribution < 1.29 is 22.8 Å². The maximum atomic E-state index is 12.8. The molecule has 0 spiro atoms. The van der Waals surface area contributed by atoms with Crippen LogP contribution in [0.25, 0.3) is 0 Å². The molecule has 6 nitrogen and oxygen atoms in total. The molecule has 13 heteroatoms. The number of ether oxygens (including phenoxy) is 1. The van der Waals surface area contributed by atoms with Gasteiger partial charge in [-0.1, -0.05) is 52.5 Å². The third kappa shape index (κ3) is 6.44. The molecule has 0 radical (unpaired) electrons. The Morgan fingerprint density at radius 3 is 2.26 bits per heavy atom. The summed E-state index contributed by atoms with van der Waals surface area (Å²) in [7, 11) is 0. The predicted molar refractivity (Wildman–Crippen MR) is 127 cm³/mol. The average Bonchev–Trinajstić information content (AvgIpc) is 2.73. The second kappa shape index (κ2) is 10.7. The lowest BCUT2D eigenvalue weighted by atomic mass is 10.1. The number of nitro benzene ring substituents is 1. The van der Waals surface area contributed by atoms with Gasteiger partial charge in [0.1, 0.15) is 12.3 Å². The topological polar surface area (TPSA) is 76.8 Å². The Morgan fingerprint density at radius 2 is 1.68 bits per heavy atom. The molecule has 178 valence electrons. The van der Waals surface area contributed by atoms with Crippen LogP contribution in [0.1, 0.15) is 16.7 Å². The standard InChI is InChI=1S/C21H12Cl4F3N3O3/c22-14-3-1-12(15(23)8-14)10-34-20-16(24)5-11(6-17(20)25)9-29-30-18-4-2-13(21(26,27)28)7-19(18)31(32)33/h1-9,30H,10H2/b29-9-. The van der Waals surface area contributed by atoms with Gasteiger partial charge in [-0.05, 0) is 42.0 Å². The molecule has 0 saturated heterocycles. The molecule has 0 aliphatic carbocycles. The van der Waals surface area contributed by atoms with Crippen LogP contribution < -0.4 is 10.2 Å². The van der Waals surface area contributed by atoms with E-state index < -0.39 is 22.4 Å². The first kappa shape index (κ1) is 25.9. The van der Waals surface area contributed by atoms with E-state index in [2.05, 4.69) is 10.5 Å². The van der Waals surface area contributed by atoms with E-state index in [1.165, 1.54) is 18.3 Å². The number of nitro groups is 1. The van der Waals surface area contributed by atoms with Crippen LogP contribution in [0.15, 0.2) is 53.6 Å². The van der Waals surface area contributed by atoms with E-state index in [0.29, 0.717) is 33.3 Å². The van der Waals surface area contributed by atoms with Gasteiger partial charge in [0, 0.05) is 21.7 Å². The molecule has 3 aromatic rings. The van der Waals surface area contributed by atoms with E-state index in [0.717, 1.165) is 6.07 Å². The number of hydrogen-bond donors (Lipinski definition) is 1. The van der Waals surface area contributed by atoms with E-state index in [1.807, 2.05) is 0 Å². The van der Waals surface area contributed by atoms with Crippen molar-refractivity contribution >= 4 is 64.0 Å². The quantitative estimate of drug-likeness (QED) is 0.182. The fourth-order valence-electron chi connectivity index (χ4n) is 2.71. The first-order valence-electron chi connectivity index (χ1n) is 9.16. The molecule has 0 heterocycles. The molecule has 1 N–H and O–H groups in total. The van der Waals surface area contributed by atoms with E-state index >= 15 is 0 Å². The summed E-state index contributed by atoms with van der Waals surface area (Å²) < 4.78 is 44.1. The fourth-order valence-corrected chi connectivity index (χ4v) is 3.79. The Hall–Kier alpha value is -2.72. The maximum Gasteiger partial charge on any atom is 0.416 e. The van der Waals surface area contributed by atoms with Gasteiger partial charge < -0.3 is 4.74 Å². The van der Waals surface area contributed by atoms with Crippen LogP contribution >= 0.6 is 46.4 Å². The number of hydrazone groups is 1. The summed E-state index contributed by atoms with van der Waals surface area (Å²) in [5.74, 6) is 0.192. The molecule has 0 fully saturated rings. The first-order valence-corrected chi connectivity index (χ1v) is 10.7. The Labute approximate surface area is 211 Å². The number of hydrogen-bond acceptors (Lipinski definition) is 5. The van der Waals surface area contributed by atoms with Crippen molar-refractivity contribution in [1.29, 1.82) is 0 Å². The SMILES string of the molecule is O=[N+]([O-])c1cc(C(F)(F)F)ccc1N/N=C\c1cc(Cl)c(OCc2ccc(Cl)cc2Cl)c(Cl)c1. The van der Waals surface area contributed by atoms with E-state index in [1.54, 1.807) is 18.2 Å². The van der Waals surface area contributed by atoms with Crippen LogP contribution in [0.5, 0.6) is 5.75 Å². The second-order valence-corrected chi connectivity index (χ2v) is 8.35. The minimum atomic E-state index is -4.72. The van der Waals surface area contributed by atoms with Gasteiger partial charge in [-0.2, -0.15) is 18.3 Å². The number of nitrogens with one attached hydrogen (secondary N) is 1. The van der Waals surface area contributed by atoms with Crippen molar-refractivity contribution in [3.05, 3.63) is 95.4 Å². The summed E-state index contributed by atoms with van der Waals surface area (Å²) in [6.07, 6.45) is -3.48. The lowest BCUT2D eigenvalue weighted by Gasteiger charge is -2.12. The van der Waals surface area contributed by atoms with Crippen molar-refractivity contribution in [3.63, 3.8) is 0 Å². The van der Waals surface area contributed by atoms with Crippen molar-refractivity contribution in [2.24, 2.45) is 5.10 Å². The Morgan fingerprint density at radius 1 is 1.00 bits per heavy atom. The normalized spacial score (nSPS) is 11.6. The minimum absolute atomic E-state index is 0.0715. The zero-order valence-corrected chi connectivity index (χ0v) is 19.7. The van der Waals surface area contributed by atoms with Gasteiger partial charge in [0.15, 0.2) is 5.75 Å². The molecule has 3 aromatic carbocycles. The van der Waals surface area contributed by atoms with E-state index in [9.17, 15) is 23.3 Å². The van der Waals surface area contributed by atoms with Gasteiger partial charge in [-0.15, -0.1) is 0 Å². The summed E-state index contributed by atoms with van der Waals surface area (Å²) in [5, 5.41) is 16.2. The molecule has 0 atom stereocenters. The van der Waals surface area contributed by atoms with Gasteiger partial charge in [0.2, 0.25) is 0 Å². The number of alkyl halides is 3. The molecular weight excluding hydrogens is 541 g/mol. The highest BCUT2D eigenvalue weighted by atomic mass is 35.5. The molecule has 0 saturated carbocycles. The molecule has 0 aliphatic rings.